The minimum atomic E-state index is 0.876. The molecule has 12 rings (SSSR count). The van der Waals surface area contributed by atoms with Gasteiger partial charge in [0.2, 0.25) is 0 Å². The first-order valence-electron chi connectivity index (χ1n) is 19.5. The monoisotopic (exact) mass is 726 g/mol. The fourth-order valence-corrected chi connectivity index (χ4v) is 9.05. The van der Waals surface area contributed by atoms with E-state index >= 15 is 0 Å². The summed E-state index contributed by atoms with van der Waals surface area (Å²) in [6.45, 7) is 0. The van der Waals surface area contributed by atoms with Crippen molar-refractivity contribution in [2.24, 2.45) is 0 Å². The molecule has 266 valence electrons. The third kappa shape index (κ3) is 4.99. The molecule has 0 atom stereocenters. The van der Waals surface area contributed by atoms with Crippen molar-refractivity contribution in [1.82, 2.24) is 9.13 Å². The Balaban J connectivity index is 1.06. The van der Waals surface area contributed by atoms with Gasteiger partial charge in [0.25, 0.3) is 0 Å². The molecule has 3 nitrogen and oxygen atoms in total. The topological polar surface area (TPSA) is 23.0 Å². The largest absolute Gasteiger partial charge is 0.456 e. The van der Waals surface area contributed by atoms with Crippen molar-refractivity contribution in [1.29, 1.82) is 0 Å². The molecule has 0 aliphatic carbocycles. The summed E-state index contributed by atoms with van der Waals surface area (Å²) >= 11 is 0. The van der Waals surface area contributed by atoms with E-state index < -0.39 is 0 Å². The third-order valence-corrected chi connectivity index (χ3v) is 11.7. The zero-order valence-corrected chi connectivity index (χ0v) is 30.9. The molecule has 0 saturated heterocycles. The molecule has 0 fully saturated rings. The van der Waals surface area contributed by atoms with E-state index in [0.29, 0.717) is 0 Å². The summed E-state index contributed by atoms with van der Waals surface area (Å²) in [6.07, 6.45) is 0. The molecular weight excluding hydrogens is 693 g/mol. The second kappa shape index (κ2) is 12.5. The average Bonchev–Trinajstić information content (AvgIpc) is 3.93. The Hall–Kier alpha value is -7.62. The highest BCUT2D eigenvalue weighted by Gasteiger charge is 2.18. The molecule has 0 aliphatic heterocycles. The van der Waals surface area contributed by atoms with Gasteiger partial charge in [0.15, 0.2) is 0 Å². The van der Waals surface area contributed by atoms with Gasteiger partial charge in [0.05, 0.1) is 22.1 Å². The highest BCUT2D eigenvalue weighted by Crippen LogP contribution is 2.40. The van der Waals surface area contributed by atoms with Crippen molar-refractivity contribution in [2.45, 2.75) is 0 Å². The van der Waals surface area contributed by atoms with E-state index in [2.05, 4.69) is 215 Å². The Labute approximate surface area is 328 Å². The minimum Gasteiger partial charge on any atom is -0.456 e. The molecule has 3 heterocycles. The summed E-state index contributed by atoms with van der Waals surface area (Å²) in [7, 11) is 0. The zero-order valence-electron chi connectivity index (χ0n) is 30.9. The van der Waals surface area contributed by atoms with Crippen LogP contribution in [0.2, 0.25) is 0 Å². The molecule has 0 saturated carbocycles. The SMILES string of the molecule is c1ccc(-c2cc(-c3ccc4oc5ccc(-n6c7ccccc7c7ccc(-c8ccccc8)cc76)cc5c4c3)cc(-n3c4ccccc4c4ccccc43)c2)cc1. The predicted octanol–water partition coefficient (Wildman–Crippen LogP) is 14.8. The van der Waals surface area contributed by atoms with Gasteiger partial charge in [-0.25, -0.2) is 0 Å². The van der Waals surface area contributed by atoms with Gasteiger partial charge in [-0.05, 0) is 106 Å². The summed E-state index contributed by atoms with van der Waals surface area (Å²) in [5.74, 6) is 0. The summed E-state index contributed by atoms with van der Waals surface area (Å²) < 4.78 is 11.3. The Bertz CT molecular complexity index is 3460. The van der Waals surface area contributed by atoms with E-state index in [1.807, 2.05) is 0 Å². The highest BCUT2D eigenvalue weighted by molar-refractivity contribution is 6.12. The number of rotatable bonds is 5. The van der Waals surface area contributed by atoms with Gasteiger partial charge in [0, 0.05) is 43.7 Å². The molecule has 12 aromatic rings. The molecule has 0 bridgehead atoms. The lowest BCUT2D eigenvalue weighted by Gasteiger charge is -2.14. The van der Waals surface area contributed by atoms with Crippen LogP contribution in [0.3, 0.4) is 0 Å². The number of nitrogens with zero attached hydrogens (tertiary/aromatic N) is 2. The fraction of sp³-hybridized carbons (Fsp3) is 0. The van der Waals surface area contributed by atoms with Gasteiger partial charge in [-0.2, -0.15) is 0 Å². The van der Waals surface area contributed by atoms with Crippen LogP contribution in [-0.4, -0.2) is 9.13 Å². The number of aromatic nitrogens is 2. The summed E-state index contributed by atoms with van der Waals surface area (Å²) in [5.41, 5.74) is 15.8. The summed E-state index contributed by atoms with van der Waals surface area (Å²) in [5, 5.41) is 7.17. The first-order valence-corrected chi connectivity index (χ1v) is 19.5. The van der Waals surface area contributed by atoms with E-state index in [-0.39, 0.29) is 0 Å². The van der Waals surface area contributed by atoms with E-state index in [1.54, 1.807) is 0 Å². The van der Waals surface area contributed by atoms with Gasteiger partial charge in [0.1, 0.15) is 11.2 Å². The number of furan rings is 1. The molecule has 57 heavy (non-hydrogen) atoms. The lowest BCUT2D eigenvalue weighted by molar-refractivity contribution is 0.669. The third-order valence-electron chi connectivity index (χ3n) is 11.7. The normalized spacial score (nSPS) is 11.9. The molecule has 0 N–H and O–H groups in total. The number of hydrogen-bond donors (Lipinski definition) is 0. The first kappa shape index (κ1) is 31.7. The van der Waals surface area contributed by atoms with Crippen LogP contribution in [0, 0.1) is 0 Å². The number of fused-ring (bicyclic) bond motifs is 9. The number of benzene rings is 9. The maximum absolute atomic E-state index is 6.53. The van der Waals surface area contributed by atoms with Crippen LogP contribution in [0.15, 0.2) is 211 Å². The maximum Gasteiger partial charge on any atom is 0.135 e. The standard InChI is InChI=1S/C54H34N2O/c1-3-13-35(14-4-1)38-23-26-46-45-19-9-10-20-49(45)55(52(46)33-38)41-25-28-54-48(34-41)47-32-37(24-27-53(47)57-54)40-29-39(36-15-5-2-6-16-36)30-42(31-40)56-50-21-11-7-17-43(50)44-18-8-12-22-51(44)56/h1-34H. The minimum absolute atomic E-state index is 0.876. The van der Waals surface area contributed by atoms with E-state index in [9.17, 15) is 0 Å². The molecule has 0 amide bonds. The van der Waals surface area contributed by atoms with Crippen molar-refractivity contribution in [3.63, 3.8) is 0 Å². The Morgan fingerprint density at radius 2 is 0.702 bits per heavy atom. The zero-order chi connectivity index (χ0) is 37.5. The van der Waals surface area contributed by atoms with Crippen molar-refractivity contribution < 1.29 is 4.42 Å². The summed E-state index contributed by atoms with van der Waals surface area (Å²) in [4.78, 5) is 0. The van der Waals surface area contributed by atoms with Crippen molar-refractivity contribution >= 4 is 65.6 Å². The smallest absolute Gasteiger partial charge is 0.135 e. The predicted molar refractivity (Wildman–Crippen MR) is 239 cm³/mol. The molecule has 0 radical (unpaired) electrons. The Kier molecular flexibility index (Phi) is 6.93. The van der Waals surface area contributed by atoms with Gasteiger partial charge >= 0.3 is 0 Å². The van der Waals surface area contributed by atoms with E-state index in [1.165, 1.54) is 65.9 Å². The van der Waals surface area contributed by atoms with Crippen molar-refractivity contribution in [3.05, 3.63) is 206 Å². The van der Waals surface area contributed by atoms with Crippen LogP contribution < -0.4 is 0 Å². The van der Waals surface area contributed by atoms with Crippen LogP contribution in [0.1, 0.15) is 0 Å². The van der Waals surface area contributed by atoms with E-state index in [4.69, 9.17) is 4.42 Å². The molecule has 0 aliphatic rings. The highest BCUT2D eigenvalue weighted by atomic mass is 16.3. The Morgan fingerprint density at radius 3 is 1.33 bits per heavy atom. The van der Waals surface area contributed by atoms with Crippen LogP contribution in [-0.2, 0) is 0 Å². The van der Waals surface area contributed by atoms with Gasteiger partial charge in [-0.1, -0.05) is 133 Å². The molecular formula is C54H34N2O. The lowest BCUT2D eigenvalue weighted by atomic mass is 9.96. The molecule has 9 aromatic carbocycles. The number of hydrogen-bond acceptors (Lipinski definition) is 1. The van der Waals surface area contributed by atoms with E-state index in [0.717, 1.165) is 44.4 Å². The summed E-state index contributed by atoms with van der Waals surface area (Å²) in [6, 6.07) is 74.5. The Morgan fingerprint density at radius 1 is 0.246 bits per heavy atom. The maximum atomic E-state index is 6.53. The second-order valence-corrected chi connectivity index (χ2v) is 14.9. The molecule has 3 aromatic heterocycles. The average molecular weight is 727 g/mol. The van der Waals surface area contributed by atoms with Gasteiger partial charge in [-0.15, -0.1) is 0 Å². The van der Waals surface area contributed by atoms with Crippen LogP contribution in [0.5, 0.6) is 0 Å². The van der Waals surface area contributed by atoms with Gasteiger partial charge < -0.3 is 13.6 Å². The number of para-hydroxylation sites is 3. The van der Waals surface area contributed by atoms with Crippen molar-refractivity contribution in [2.75, 3.05) is 0 Å². The van der Waals surface area contributed by atoms with Crippen LogP contribution in [0.4, 0.5) is 0 Å². The molecule has 0 spiro atoms. The quantitative estimate of drug-likeness (QED) is 0.173. The van der Waals surface area contributed by atoms with Crippen LogP contribution >= 0.6 is 0 Å². The second-order valence-electron chi connectivity index (χ2n) is 14.9. The lowest BCUT2D eigenvalue weighted by Crippen LogP contribution is -1.96. The molecule has 0 unspecified atom stereocenters. The fourth-order valence-electron chi connectivity index (χ4n) is 9.05. The van der Waals surface area contributed by atoms with Crippen LogP contribution in [0.25, 0.3) is 110 Å². The van der Waals surface area contributed by atoms with Gasteiger partial charge in [-0.3, -0.25) is 0 Å². The van der Waals surface area contributed by atoms with Crippen molar-refractivity contribution in [3.8, 4) is 44.8 Å². The molecule has 3 heteroatoms. The first-order chi connectivity index (χ1) is 28.2.